The monoisotopic (exact) mass is 372 g/mol. The maximum atomic E-state index is 12.5. The van der Waals surface area contributed by atoms with Crippen molar-refractivity contribution in [3.63, 3.8) is 0 Å². The Kier molecular flexibility index (Phi) is 4.42. The Labute approximate surface area is 155 Å². The molecule has 2 aliphatic rings. The highest BCUT2D eigenvalue weighted by Crippen LogP contribution is 2.38. The first kappa shape index (κ1) is 16.7. The van der Waals surface area contributed by atoms with Gasteiger partial charge >= 0.3 is 0 Å². The fraction of sp³-hybridized carbons (Fsp3) is 0.263. The minimum atomic E-state index is -0.289. The fourth-order valence-corrected chi connectivity index (χ4v) is 3.27. The molecule has 2 aromatic carbocycles. The molecule has 0 radical (unpaired) electrons. The Morgan fingerprint density at radius 3 is 2.42 bits per heavy atom. The molecule has 26 heavy (non-hydrogen) atoms. The average molecular weight is 373 g/mol. The minimum Gasteiger partial charge on any atom is -0.486 e. The standard InChI is InChI=1S/C19H17ClN2O4/c20-14-10-16-17(26-9-8-25-16)11-15(14)21-19(24)12-3-5-13(6-4-12)22-7-1-2-18(22)23/h3-6,10-11H,1-2,7-9H2,(H,21,24). The zero-order valence-electron chi connectivity index (χ0n) is 14.0. The van der Waals surface area contributed by atoms with Gasteiger partial charge in [0.15, 0.2) is 11.5 Å². The molecule has 2 aliphatic heterocycles. The molecule has 1 saturated heterocycles. The summed E-state index contributed by atoms with van der Waals surface area (Å²) in [5.41, 5.74) is 1.74. The number of fused-ring (bicyclic) bond motifs is 1. The predicted octanol–water partition coefficient (Wildman–Crippen LogP) is 3.49. The highest BCUT2D eigenvalue weighted by molar-refractivity contribution is 6.34. The van der Waals surface area contributed by atoms with E-state index in [9.17, 15) is 9.59 Å². The summed E-state index contributed by atoms with van der Waals surface area (Å²) in [5, 5.41) is 3.16. The molecule has 4 rings (SSSR count). The molecule has 1 fully saturated rings. The van der Waals surface area contributed by atoms with Gasteiger partial charge < -0.3 is 19.7 Å². The lowest BCUT2D eigenvalue weighted by molar-refractivity contribution is -0.117. The third kappa shape index (κ3) is 3.20. The Balaban J connectivity index is 1.50. The van der Waals surface area contributed by atoms with Crippen LogP contribution in [0.3, 0.4) is 0 Å². The van der Waals surface area contributed by atoms with Gasteiger partial charge in [-0.05, 0) is 30.7 Å². The van der Waals surface area contributed by atoms with Crippen molar-refractivity contribution < 1.29 is 19.1 Å². The summed E-state index contributed by atoms with van der Waals surface area (Å²) >= 11 is 6.23. The number of ether oxygens (including phenoxy) is 2. The molecule has 0 saturated carbocycles. The zero-order chi connectivity index (χ0) is 18.1. The number of hydrogen-bond acceptors (Lipinski definition) is 4. The van der Waals surface area contributed by atoms with Crippen molar-refractivity contribution in [2.45, 2.75) is 12.8 Å². The Morgan fingerprint density at radius 2 is 1.77 bits per heavy atom. The van der Waals surface area contributed by atoms with Gasteiger partial charge in [-0.2, -0.15) is 0 Å². The quantitative estimate of drug-likeness (QED) is 0.895. The number of carbonyl (C=O) groups excluding carboxylic acids is 2. The molecule has 2 heterocycles. The number of amides is 2. The van der Waals surface area contributed by atoms with Crippen LogP contribution in [0, 0.1) is 0 Å². The van der Waals surface area contributed by atoms with Gasteiger partial charge in [0.25, 0.3) is 5.91 Å². The predicted molar refractivity (Wildman–Crippen MR) is 98.4 cm³/mol. The van der Waals surface area contributed by atoms with Gasteiger partial charge in [0, 0.05) is 36.3 Å². The highest BCUT2D eigenvalue weighted by Gasteiger charge is 2.22. The number of rotatable bonds is 3. The van der Waals surface area contributed by atoms with Crippen LogP contribution >= 0.6 is 11.6 Å². The first-order valence-electron chi connectivity index (χ1n) is 8.43. The van der Waals surface area contributed by atoms with Crippen LogP contribution in [0.1, 0.15) is 23.2 Å². The van der Waals surface area contributed by atoms with Gasteiger partial charge in [0.2, 0.25) is 5.91 Å². The smallest absolute Gasteiger partial charge is 0.255 e. The molecule has 0 unspecified atom stereocenters. The van der Waals surface area contributed by atoms with Crippen molar-refractivity contribution in [2.75, 3.05) is 30.0 Å². The normalized spacial score (nSPS) is 15.9. The third-order valence-electron chi connectivity index (χ3n) is 4.39. The molecular weight excluding hydrogens is 356 g/mol. The number of nitrogens with zero attached hydrogens (tertiary/aromatic N) is 1. The van der Waals surface area contributed by atoms with Crippen molar-refractivity contribution in [3.8, 4) is 11.5 Å². The van der Waals surface area contributed by atoms with E-state index in [-0.39, 0.29) is 11.8 Å². The summed E-state index contributed by atoms with van der Waals surface area (Å²) in [7, 11) is 0. The SMILES string of the molecule is O=C(Nc1cc2c(cc1Cl)OCCO2)c1ccc(N2CCCC2=O)cc1. The van der Waals surface area contributed by atoms with Gasteiger partial charge in [-0.25, -0.2) is 0 Å². The summed E-state index contributed by atoms with van der Waals surface area (Å²) in [6, 6.07) is 10.2. The van der Waals surface area contributed by atoms with Crippen LogP contribution in [0.25, 0.3) is 0 Å². The van der Waals surface area contributed by atoms with Crippen molar-refractivity contribution in [1.82, 2.24) is 0 Å². The number of anilines is 2. The lowest BCUT2D eigenvalue weighted by Crippen LogP contribution is -2.23. The zero-order valence-corrected chi connectivity index (χ0v) is 14.7. The lowest BCUT2D eigenvalue weighted by Gasteiger charge is -2.20. The van der Waals surface area contributed by atoms with E-state index in [0.29, 0.717) is 47.4 Å². The van der Waals surface area contributed by atoms with E-state index >= 15 is 0 Å². The number of halogens is 1. The summed E-state index contributed by atoms with van der Waals surface area (Å²) < 4.78 is 11.0. The van der Waals surface area contributed by atoms with Gasteiger partial charge in [-0.1, -0.05) is 11.6 Å². The second-order valence-electron chi connectivity index (χ2n) is 6.13. The fourth-order valence-electron chi connectivity index (χ4n) is 3.07. The molecule has 134 valence electrons. The molecule has 6 nitrogen and oxygen atoms in total. The van der Waals surface area contributed by atoms with Gasteiger partial charge in [-0.15, -0.1) is 0 Å². The van der Waals surface area contributed by atoms with Gasteiger partial charge in [0.1, 0.15) is 13.2 Å². The van der Waals surface area contributed by atoms with E-state index < -0.39 is 0 Å². The Hall–Kier alpha value is -2.73. The van der Waals surface area contributed by atoms with E-state index in [2.05, 4.69) is 5.32 Å². The van der Waals surface area contributed by atoms with E-state index in [1.165, 1.54) is 0 Å². The van der Waals surface area contributed by atoms with Crippen molar-refractivity contribution in [1.29, 1.82) is 0 Å². The average Bonchev–Trinajstić information content (AvgIpc) is 3.08. The first-order chi connectivity index (χ1) is 12.6. The number of carbonyl (C=O) groups is 2. The van der Waals surface area contributed by atoms with Crippen LogP contribution in [0.2, 0.25) is 5.02 Å². The van der Waals surface area contributed by atoms with Crippen molar-refractivity contribution in [3.05, 3.63) is 47.0 Å². The molecular formula is C19H17ClN2O4. The molecule has 0 aromatic heterocycles. The van der Waals surface area contributed by atoms with E-state index in [1.807, 2.05) is 0 Å². The molecule has 2 aromatic rings. The highest BCUT2D eigenvalue weighted by atomic mass is 35.5. The van der Waals surface area contributed by atoms with Crippen LogP contribution in [0.4, 0.5) is 11.4 Å². The van der Waals surface area contributed by atoms with Crippen LogP contribution in [-0.2, 0) is 4.79 Å². The van der Waals surface area contributed by atoms with E-state index in [1.54, 1.807) is 41.3 Å². The lowest BCUT2D eigenvalue weighted by atomic mass is 10.1. The van der Waals surface area contributed by atoms with E-state index in [0.717, 1.165) is 18.7 Å². The molecule has 2 amide bonds. The summed E-state index contributed by atoms with van der Waals surface area (Å²) in [6.45, 7) is 1.65. The minimum absolute atomic E-state index is 0.116. The molecule has 0 atom stereocenters. The van der Waals surface area contributed by atoms with Crippen molar-refractivity contribution in [2.24, 2.45) is 0 Å². The summed E-state index contributed by atoms with van der Waals surface area (Å²) in [6.07, 6.45) is 1.44. The summed E-state index contributed by atoms with van der Waals surface area (Å²) in [5.74, 6) is 0.950. The maximum absolute atomic E-state index is 12.5. The van der Waals surface area contributed by atoms with Crippen molar-refractivity contribution >= 4 is 34.8 Å². The largest absolute Gasteiger partial charge is 0.486 e. The molecule has 7 heteroatoms. The number of hydrogen-bond donors (Lipinski definition) is 1. The molecule has 0 bridgehead atoms. The number of nitrogens with one attached hydrogen (secondary N) is 1. The first-order valence-corrected chi connectivity index (χ1v) is 8.80. The van der Waals surface area contributed by atoms with Crippen LogP contribution in [-0.4, -0.2) is 31.6 Å². The third-order valence-corrected chi connectivity index (χ3v) is 4.71. The number of benzene rings is 2. The molecule has 0 aliphatic carbocycles. The Morgan fingerprint density at radius 1 is 1.08 bits per heavy atom. The second-order valence-corrected chi connectivity index (χ2v) is 6.53. The van der Waals surface area contributed by atoms with Gasteiger partial charge in [0.05, 0.1) is 10.7 Å². The van der Waals surface area contributed by atoms with Crippen LogP contribution < -0.4 is 19.7 Å². The second kappa shape index (κ2) is 6.88. The molecule has 0 spiro atoms. The topological polar surface area (TPSA) is 67.9 Å². The van der Waals surface area contributed by atoms with Crippen LogP contribution in [0.15, 0.2) is 36.4 Å². The van der Waals surface area contributed by atoms with Crippen LogP contribution in [0.5, 0.6) is 11.5 Å². The van der Waals surface area contributed by atoms with E-state index in [4.69, 9.17) is 21.1 Å². The molecule has 1 N–H and O–H groups in total. The van der Waals surface area contributed by atoms with Gasteiger partial charge in [-0.3, -0.25) is 9.59 Å². The Bertz CT molecular complexity index is 867. The summed E-state index contributed by atoms with van der Waals surface area (Å²) in [4.78, 5) is 26.0. The maximum Gasteiger partial charge on any atom is 0.255 e.